The SMILES string of the molecule is CC(C)CCNC(=S)c1ccc2c(c1)Nc1ccccc1S2. The van der Waals surface area contributed by atoms with Crippen LogP contribution in [0.2, 0.25) is 0 Å². The molecule has 2 aromatic carbocycles. The molecule has 114 valence electrons. The fourth-order valence-corrected chi connectivity index (χ4v) is 3.55. The molecule has 22 heavy (non-hydrogen) atoms. The lowest BCUT2D eigenvalue weighted by atomic mass is 10.1. The molecule has 0 atom stereocenters. The second-order valence-electron chi connectivity index (χ2n) is 5.87. The molecule has 3 rings (SSSR count). The first-order valence-electron chi connectivity index (χ1n) is 7.59. The second kappa shape index (κ2) is 6.71. The molecule has 2 nitrogen and oxygen atoms in total. The molecular formula is C18H20N2S2. The number of fused-ring (bicyclic) bond motifs is 2. The van der Waals surface area contributed by atoms with Crippen molar-refractivity contribution >= 4 is 40.3 Å². The lowest BCUT2D eigenvalue weighted by Crippen LogP contribution is -2.24. The Hall–Kier alpha value is -1.52. The zero-order chi connectivity index (χ0) is 15.5. The molecular weight excluding hydrogens is 308 g/mol. The molecule has 0 aliphatic carbocycles. The summed E-state index contributed by atoms with van der Waals surface area (Å²) >= 11 is 7.31. The van der Waals surface area contributed by atoms with Gasteiger partial charge in [-0.25, -0.2) is 0 Å². The molecule has 0 spiro atoms. The monoisotopic (exact) mass is 328 g/mol. The summed E-state index contributed by atoms with van der Waals surface area (Å²) in [6, 6.07) is 14.8. The summed E-state index contributed by atoms with van der Waals surface area (Å²) in [5.41, 5.74) is 3.37. The van der Waals surface area contributed by atoms with Crippen molar-refractivity contribution in [1.29, 1.82) is 0 Å². The minimum atomic E-state index is 0.688. The van der Waals surface area contributed by atoms with Gasteiger partial charge in [-0.05, 0) is 36.6 Å². The molecule has 0 amide bonds. The largest absolute Gasteiger partial charge is 0.376 e. The van der Waals surface area contributed by atoms with Crippen molar-refractivity contribution in [2.45, 2.75) is 30.1 Å². The summed E-state index contributed by atoms with van der Waals surface area (Å²) in [5, 5.41) is 6.85. The molecule has 1 aliphatic heterocycles. The van der Waals surface area contributed by atoms with Gasteiger partial charge in [-0.1, -0.05) is 56.0 Å². The first-order valence-corrected chi connectivity index (χ1v) is 8.82. The van der Waals surface area contributed by atoms with E-state index in [0.29, 0.717) is 5.92 Å². The van der Waals surface area contributed by atoms with Gasteiger partial charge in [0.25, 0.3) is 0 Å². The lowest BCUT2D eigenvalue weighted by molar-refractivity contribution is 0.579. The van der Waals surface area contributed by atoms with Crippen LogP contribution in [-0.4, -0.2) is 11.5 Å². The molecule has 0 unspecified atom stereocenters. The van der Waals surface area contributed by atoms with E-state index in [-0.39, 0.29) is 0 Å². The molecule has 0 bridgehead atoms. The molecule has 0 saturated heterocycles. The highest BCUT2D eigenvalue weighted by Gasteiger charge is 2.16. The smallest absolute Gasteiger partial charge is 0.106 e. The van der Waals surface area contributed by atoms with Gasteiger partial charge in [0, 0.05) is 21.9 Å². The van der Waals surface area contributed by atoms with Gasteiger partial charge in [-0.2, -0.15) is 0 Å². The third-order valence-electron chi connectivity index (χ3n) is 3.63. The van der Waals surface area contributed by atoms with Gasteiger partial charge in [0.1, 0.15) is 4.99 Å². The normalized spacial score (nSPS) is 12.3. The predicted molar refractivity (Wildman–Crippen MR) is 99.4 cm³/mol. The molecule has 2 aromatic rings. The Bertz CT molecular complexity index is 695. The van der Waals surface area contributed by atoms with Crippen LogP contribution in [0.3, 0.4) is 0 Å². The van der Waals surface area contributed by atoms with Gasteiger partial charge < -0.3 is 10.6 Å². The molecule has 0 saturated carbocycles. The summed E-state index contributed by atoms with van der Waals surface area (Å²) in [7, 11) is 0. The van der Waals surface area contributed by atoms with E-state index >= 15 is 0 Å². The van der Waals surface area contributed by atoms with Gasteiger partial charge in [-0.15, -0.1) is 0 Å². The Morgan fingerprint density at radius 3 is 2.73 bits per heavy atom. The summed E-state index contributed by atoms with van der Waals surface area (Å²) < 4.78 is 0. The maximum absolute atomic E-state index is 5.51. The van der Waals surface area contributed by atoms with E-state index in [1.54, 1.807) is 11.8 Å². The first-order chi connectivity index (χ1) is 10.6. The van der Waals surface area contributed by atoms with Crippen molar-refractivity contribution in [2.75, 3.05) is 11.9 Å². The Morgan fingerprint density at radius 2 is 1.91 bits per heavy atom. The van der Waals surface area contributed by atoms with E-state index in [4.69, 9.17) is 12.2 Å². The van der Waals surface area contributed by atoms with Gasteiger partial charge in [0.05, 0.1) is 11.4 Å². The van der Waals surface area contributed by atoms with Crippen molar-refractivity contribution in [1.82, 2.24) is 5.32 Å². The fraction of sp³-hybridized carbons (Fsp3) is 0.278. The molecule has 1 heterocycles. The van der Waals surface area contributed by atoms with Crippen LogP contribution in [-0.2, 0) is 0 Å². The number of nitrogens with one attached hydrogen (secondary N) is 2. The van der Waals surface area contributed by atoms with E-state index in [1.807, 2.05) is 0 Å². The maximum atomic E-state index is 5.51. The van der Waals surface area contributed by atoms with E-state index in [1.165, 1.54) is 9.79 Å². The number of para-hydroxylation sites is 1. The summed E-state index contributed by atoms with van der Waals surface area (Å²) in [6.07, 6.45) is 1.13. The van der Waals surface area contributed by atoms with Gasteiger partial charge in [0.15, 0.2) is 0 Å². The quantitative estimate of drug-likeness (QED) is 0.642. The van der Waals surface area contributed by atoms with Gasteiger partial charge in [-0.3, -0.25) is 0 Å². The Kier molecular flexibility index (Phi) is 4.69. The zero-order valence-corrected chi connectivity index (χ0v) is 14.5. The zero-order valence-electron chi connectivity index (χ0n) is 12.8. The lowest BCUT2D eigenvalue weighted by Gasteiger charge is -2.21. The van der Waals surface area contributed by atoms with Crippen LogP contribution in [0.1, 0.15) is 25.8 Å². The van der Waals surface area contributed by atoms with Crippen LogP contribution in [0.15, 0.2) is 52.3 Å². The number of hydrogen-bond acceptors (Lipinski definition) is 3. The highest BCUT2D eigenvalue weighted by molar-refractivity contribution is 7.99. The first kappa shape index (κ1) is 15.4. The number of benzene rings is 2. The van der Waals surface area contributed by atoms with Crippen LogP contribution in [0, 0.1) is 5.92 Å². The minimum absolute atomic E-state index is 0.688. The number of rotatable bonds is 4. The Balaban J connectivity index is 1.74. The average Bonchev–Trinajstić information content (AvgIpc) is 2.51. The molecule has 1 aliphatic rings. The average molecular weight is 329 g/mol. The highest BCUT2D eigenvalue weighted by Crippen LogP contribution is 2.44. The van der Waals surface area contributed by atoms with E-state index in [2.05, 4.69) is 66.9 Å². The van der Waals surface area contributed by atoms with Crippen molar-refractivity contribution in [3.63, 3.8) is 0 Å². The third kappa shape index (κ3) is 3.45. The standard InChI is InChI=1S/C18H20N2S2/c1-12(2)9-10-19-18(21)13-7-8-17-15(11-13)20-14-5-3-4-6-16(14)22-17/h3-8,11-12,20H,9-10H2,1-2H3,(H,19,21). The Morgan fingerprint density at radius 1 is 1.14 bits per heavy atom. The number of hydrogen-bond donors (Lipinski definition) is 2. The highest BCUT2D eigenvalue weighted by atomic mass is 32.2. The van der Waals surface area contributed by atoms with E-state index < -0.39 is 0 Å². The predicted octanol–water partition coefficient (Wildman–Crippen LogP) is 5.21. The van der Waals surface area contributed by atoms with Crippen molar-refractivity contribution in [3.8, 4) is 0 Å². The van der Waals surface area contributed by atoms with Crippen molar-refractivity contribution < 1.29 is 0 Å². The molecule has 2 N–H and O–H groups in total. The van der Waals surface area contributed by atoms with E-state index in [9.17, 15) is 0 Å². The van der Waals surface area contributed by atoms with Crippen LogP contribution in [0.25, 0.3) is 0 Å². The third-order valence-corrected chi connectivity index (χ3v) is 5.16. The summed E-state index contributed by atoms with van der Waals surface area (Å²) in [5.74, 6) is 0.688. The van der Waals surface area contributed by atoms with E-state index in [0.717, 1.165) is 34.9 Å². The van der Waals surface area contributed by atoms with Crippen LogP contribution in [0.4, 0.5) is 11.4 Å². The van der Waals surface area contributed by atoms with Gasteiger partial charge >= 0.3 is 0 Å². The fourth-order valence-electron chi connectivity index (χ4n) is 2.36. The van der Waals surface area contributed by atoms with Gasteiger partial charge in [0.2, 0.25) is 0 Å². The number of anilines is 2. The van der Waals surface area contributed by atoms with Crippen LogP contribution in [0.5, 0.6) is 0 Å². The van der Waals surface area contributed by atoms with Crippen molar-refractivity contribution in [2.24, 2.45) is 5.92 Å². The van der Waals surface area contributed by atoms with Crippen molar-refractivity contribution in [3.05, 3.63) is 48.0 Å². The van der Waals surface area contributed by atoms with Crippen LogP contribution >= 0.6 is 24.0 Å². The maximum Gasteiger partial charge on any atom is 0.106 e. The summed E-state index contributed by atoms with van der Waals surface area (Å²) in [6.45, 7) is 5.38. The topological polar surface area (TPSA) is 24.1 Å². The molecule has 4 heteroatoms. The molecule has 0 fully saturated rings. The summed E-state index contributed by atoms with van der Waals surface area (Å²) in [4.78, 5) is 3.34. The Labute approximate surface area is 141 Å². The van der Waals surface area contributed by atoms with Crippen LogP contribution < -0.4 is 10.6 Å². The molecule has 0 radical (unpaired) electrons. The molecule has 0 aromatic heterocycles. The minimum Gasteiger partial charge on any atom is -0.376 e. The number of thiocarbonyl (C=S) groups is 1. The second-order valence-corrected chi connectivity index (χ2v) is 7.36.